The maximum atomic E-state index is 14.5. The van der Waals surface area contributed by atoms with Gasteiger partial charge < -0.3 is 5.32 Å². The van der Waals surface area contributed by atoms with E-state index >= 15 is 0 Å². The van der Waals surface area contributed by atoms with E-state index in [-0.39, 0.29) is 22.4 Å². The summed E-state index contributed by atoms with van der Waals surface area (Å²) < 4.78 is 14.5. The third-order valence-electron chi connectivity index (χ3n) is 6.02. The Kier molecular flexibility index (Phi) is 3.74. The van der Waals surface area contributed by atoms with Gasteiger partial charge in [-0.25, -0.2) is 14.1 Å². The Morgan fingerprint density at radius 2 is 1.86 bits per heavy atom. The van der Waals surface area contributed by atoms with E-state index in [0.717, 1.165) is 10.5 Å². The van der Waals surface area contributed by atoms with E-state index < -0.39 is 17.4 Å². The lowest BCUT2D eigenvalue weighted by molar-refractivity contribution is -0.127. The van der Waals surface area contributed by atoms with Crippen molar-refractivity contribution >= 4 is 40.0 Å². The normalized spacial score (nSPS) is 26.1. The van der Waals surface area contributed by atoms with Crippen LogP contribution in [0.3, 0.4) is 0 Å². The molecule has 5 rings (SSSR count). The molecule has 29 heavy (non-hydrogen) atoms. The largest absolute Gasteiger partial charge is 0.329 e. The first-order valence-corrected chi connectivity index (χ1v) is 9.66. The first kappa shape index (κ1) is 18.1. The van der Waals surface area contributed by atoms with E-state index in [0.29, 0.717) is 23.3 Å². The predicted octanol–water partition coefficient (Wildman–Crippen LogP) is 4.57. The number of hydrogen-bond acceptors (Lipinski definition) is 3. The van der Waals surface area contributed by atoms with Crippen molar-refractivity contribution in [1.82, 2.24) is 10.3 Å². The van der Waals surface area contributed by atoms with Crippen LogP contribution in [-0.2, 0) is 10.2 Å². The van der Waals surface area contributed by atoms with E-state index in [1.54, 1.807) is 12.1 Å². The number of urea groups is 1. The number of benzene rings is 2. The smallest absolute Gasteiger partial charge is 0.323 e. The number of pyridine rings is 1. The second-order valence-electron chi connectivity index (χ2n) is 8.04. The maximum Gasteiger partial charge on any atom is 0.329 e. The molecule has 3 aromatic rings. The molecule has 1 aliphatic heterocycles. The molecule has 0 unspecified atom stereocenters. The number of nitrogens with one attached hydrogen (secondary N) is 1. The van der Waals surface area contributed by atoms with Gasteiger partial charge in [-0.15, -0.1) is 0 Å². The van der Waals surface area contributed by atoms with E-state index in [1.807, 2.05) is 31.2 Å². The summed E-state index contributed by atoms with van der Waals surface area (Å²) in [5.41, 5.74) is -0.241. The average Bonchev–Trinajstić information content (AvgIpc) is 2.91. The number of rotatable bonds is 2. The summed E-state index contributed by atoms with van der Waals surface area (Å²) >= 11 is 6.36. The van der Waals surface area contributed by atoms with Gasteiger partial charge in [0, 0.05) is 22.0 Å². The second kappa shape index (κ2) is 6.00. The number of aromatic nitrogens is 1. The third-order valence-corrected chi connectivity index (χ3v) is 6.35. The molecule has 1 aliphatic carbocycles. The fourth-order valence-corrected chi connectivity index (χ4v) is 5.20. The van der Waals surface area contributed by atoms with Crippen LogP contribution >= 0.6 is 11.6 Å². The molecule has 2 fully saturated rings. The number of carbonyl (C=O) groups is 2. The Morgan fingerprint density at radius 3 is 2.62 bits per heavy atom. The van der Waals surface area contributed by atoms with Crippen LogP contribution in [0.15, 0.2) is 54.9 Å². The molecule has 1 spiro atoms. The van der Waals surface area contributed by atoms with Crippen LogP contribution in [0.4, 0.5) is 14.9 Å². The summed E-state index contributed by atoms with van der Waals surface area (Å²) in [5, 5.41) is 4.21. The molecule has 0 bridgehead atoms. The van der Waals surface area contributed by atoms with Gasteiger partial charge in [0.25, 0.3) is 5.91 Å². The zero-order chi connectivity index (χ0) is 20.4. The molecule has 3 amide bonds. The second-order valence-corrected chi connectivity index (χ2v) is 8.45. The van der Waals surface area contributed by atoms with Crippen molar-refractivity contribution in [2.24, 2.45) is 0 Å². The number of amides is 3. The molecule has 0 radical (unpaired) electrons. The molecule has 2 heterocycles. The van der Waals surface area contributed by atoms with Crippen molar-refractivity contribution in [3.63, 3.8) is 0 Å². The molecule has 2 aromatic carbocycles. The molecular weight excluding hydrogens is 393 g/mol. The highest BCUT2D eigenvalue weighted by Gasteiger charge is 2.64. The van der Waals surface area contributed by atoms with Gasteiger partial charge in [-0.2, -0.15) is 0 Å². The number of anilines is 1. The Hall–Kier alpha value is -2.99. The van der Waals surface area contributed by atoms with Crippen LogP contribution in [-0.4, -0.2) is 22.5 Å². The van der Waals surface area contributed by atoms with Gasteiger partial charge in [-0.05, 0) is 36.0 Å². The van der Waals surface area contributed by atoms with Crippen LogP contribution in [0, 0.1) is 5.82 Å². The Morgan fingerprint density at radius 1 is 1.10 bits per heavy atom. The molecule has 0 atom stereocenters. The van der Waals surface area contributed by atoms with Crippen molar-refractivity contribution in [2.45, 2.75) is 30.7 Å². The highest BCUT2D eigenvalue weighted by atomic mass is 35.5. The van der Waals surface area contributed by atoms with Crippen molar-refractivity contribution in [1.29, 1.82) is 0 Å². The molecule has 146 valence electrons. The summed E-state index contributed by atoms with van der Waals surface area (Å²) in [7, 11) is 0. The first-order valence-electron chi connectivity index (χ1n) is 9.29. The SMILES string of the molecule is CC1(c2ccccc2Cl)CC2(C1)NC(=O)N(c1cncc3cccc(F)c13)C2=O. The predicted molar refractivity (Wildman–Crippen MR) is 108 cm³/mol. The average molecular weight is 410 g/mol. The molecule has 1 aromatic heterocycles. The maximum absolute atomic E-state index is 14.5. The van der Waals surface area contributed by atoms with Crippen LogP contribution in [0.5, 0.6) is 0 Å². The molecule has 2 aliphatic rings. The summed E-state index contributed by atoms with van der Waals surface area (Å²) in [6.45, 7) is 2.03. The number of hydrogen-bond donors (Lipinski definition) is 1. The fraction of sp³-hybridized carbons (Fsp3) is 0.227. The topological polar surface area (TPSA) is 62.3 Å². The molecule has 1 saturated heterocycles. The van der Waals surface area contributed by atoms with Crippen LogP contribution in [0.25, 0.3) is 10.8 Å². The highest BCUT2D eigenvalue weighted by Crippen LogP contribution is 2.54. The Balaban J connectivity index is 1.52. The quantitative estimate of drug-likeness (QED) is 0.630. The van der Waals surface area contributed by atoms with Gasteiger partial charge in [0.05, 0.1) is 11.9 Å². The summed E-state index contributed by atoms with van der Waals surface area (Å²) in [4.78, 5) is 31.2. The van der Waals surface area contributed by atoms with E-state index in [2.05, 4.69) is 10.3 Å². The summed E-state index contributed by atoms with van der Waals surface area (Å²) in [5.74, 6) is -0.888. The van der Waals surface area contributed by atoms with Gasteiger partial charge in [-0.3, -0.25) is 9.78 Å². The number of imide groups is 1. The minimum atomic E-state index is -1.02. The standard InChI is InChI=1S/C22H17ClFN3O2/c1-21(14-6-2-3-7-15(14)23)11-22(12-21)19(28)27(20(29)26-22)17-10-25-9-13-5-4-8-16(24)18(13)17/h2-10H,11-12H2,1H3,(H,26,29). The van der Waals surface area contributed by atoms with Gasteiger partial charge in [0.1, 0.15) is 11.4 Å². The van der Waals surface area contributed by atoms with Crippen molar-refractivity contribution in [3.8, 4) is 0 Å². The van der Waals surface area contributed by atoms with Crippen LogP contribution in [0.2, 0.25) is 5.02 Å². The fourth-order valence-electron chi connectivity index (χ4n) is 4.84. The highest BCUT2D eigenvalue weighted by molar-refractivity contribution is 6.31. The zero-order valence-electron chi connectivity index (χ0n) is 15.6. The lowest BCUT2D eigenvalue weighted by Crippen LogP contribution is -2.63. The Bertz CT molecular complexity index is 1180. The van der Waals surface area contributed by atoms with Crippen LogP contribution < -0.4 is 10.2 Å². The minimum absolute atomic E-state index is 0.159. The van der Waals surface area contributed by atoms with Gasteiger partial charge in [0.15, 0.2) is 0 Å². The molecule has 7 heteroatoms. The molecule has 1 N–H and O–H groups in total. The first-order chi connectivity index (χ1) is 13.8. The number of nitrogens with zero attached hydrogens (tertiary/aromatic N) is 2. The number of carbonyl (C=O) groups excluding carboxylic acids is 2. The number of halogens is 2. The molecule has 1 saturated carbocycles. The lowest BCUT2D eigenvalue weighted by atomic mass is 9.55. The van der Waals surface area contributed by atoms with Gasteiger partial charge >= 0.3 is 6.03 Å². The molecule has 5 nitrogen and oxygen atoms in total. The summed E-state index contributed by atoms with van der Waals surface area (Å²) in [6, 6.07) is 11.5. The van der Waals surface area contributed by atoms with E-state index in [1.165, 1.54) is 18.5 Å². The van der Waals surface area contributed by atoms with Gasteiger partial charge in [0.2, 0.25) is 0 Å². The van der Waals surface area contributed by atoms with Gasteiger partial charge in [-0.1, -0.05) is 48.9 Å². The molecular formula is C22H17ClFN3O2. The minimum Gasteiger partial charge on any atom is -0.323 e. The number of fused-ring (bicyclic) bond motifs is 1. The Labute approximate surface area is 171 Å². The summed E-state index contributed by atoms with van der Waals surface area (Å²) in [6.07, 6.45) is 3.71. The third kappa shape index (κ3) is 2.48. The van der Waals surface area contributed by atoms with E-state index in [9.17, 15) is 14.0 Å². The van der Waals surface area contributed by atoms with Crippen molar-refractivity contribution in [3.05, 3.63) is 71.3 Å². The van der Waals surface area contributed by atoms with Crippen molar-refractivity contribution < 1.29 is 14.0 Å². The monoisotopic (exact) mass is 409 g/mol. The van der Waals surface area contributed by atoms with Crippen molar-refractivity contribution in [2.75, 3.05) is 4.90 Å². The van der Waals surface area contributed by atoms with E-state index in [4.69, 9.17) is 11.6 Å². The lowest BCUT2D eigenvalue weighted by Gasteiger charge is -2.51. The zero-order valence-corrected chi connectivity index (χ0v) is 16.3. The van der Waals surface area contributed by atoms with Crippen LogP contribution in [0.1, 0.15) is 25.3 Å².